The molecule has 18 fully saturated rings. The number of hydrogen-bond acceptors (Lipinski definition) is 44. The van der Waals surface area contributed by atoms with Crippen molar-refractivity contribution in [2.75, 3.05) is 39.6 Å². The van der Waals surface area contributed by atoms with Gasteiger partial charge in [-0.1, -0.05) is 0 Å². The second-order valence-electron chi connectivity index (χ2n) is 36.2. The fraction of sp³-hybridized carbons (Fsp3) is 0.833. The maximum atomic E-state index is 13.3. The number of carbonyl (C=O) groups excluding carboxylic acids is 12. The summed E-state index contributed by atoms with van der Waals surface area (Å²) in [5, 5.41) is -4.48. The number of halogens is 10. The van der Waals surface area contributed by atoms with Gasteiger partial charge < -0.3 is 66.3 Å². The Hall–Kier alpha value is -7.68. The van der Waals surface area contributed by atoms with Crippen molar-refractivity contribution in [3.8, 4) is 0 Å². The zero-order valence-corrected chi connectivity index (χ0v) is 75.0. The van der Waals surface area contributed by atoms with Crippen LogP contribution in [-0.4, -0.2) is 287 Å². The van der Waals surface area contributed by atoms with E-state index in [0.717, 1.165) is 27.7 Å². The third-order valence-electron chi connectivity index (χ3n) is 25.0. The van der Waals surface area contributed by atoms with E-state index < -0.39 is 309 Å². The fourth-order valence-electron chi connectivity index (χ4n) is 20.1. The number of ether oxygens (including phenoxy) is 14. The number of carbonyl (C=O) groups is 12. The molecule has 10 saturated heterocycles. The summed E-state index contributed by atoms with van der Waals surface area (Å²) in [6.45, 7) is -0.396. The van der Waals surface area contributed by atoms with Gasteiger partial charge in [0.2, 0.25) is 34.5 Å². The number of fused-ring (bicyclic) bond motifs is 6. The molecule has 24 atom stereocenters. The lowest BCUT2D eigenvalue weighted by atomic mass is 9.94. The van der Waals surface area contributed by atoms with Crippen LogP contribution >= 0.6 is 0 Å². The Morgan fingerprint density at radius 3 is 0.621 bits per heavy atom. The van der Waals surface area contributed by atoms with Crippen molar-refractivity contribution in [1.82, 2.24) is 0 Å². The van der Waals surface area contributed by atoms with Crippen molar-refractivity contribution in [2.24, 2.45) is 47.3 Å². The van der Waals surface area contributed by atoms with Gasteiger partial charge in [-0.25, -0.2) is 91.4 Å². The normalized spacial score (nSPS) is 38.0. The summed E-state index contributed by atoms with van der Waals surface area (Å²) in [5.74, 6) is -42.1. The van der Waals surface area contributed by atoms with Crippen LogP contribution in [0.4, 0.5) is 43.9 Å². The van der Waals surface area contributed by atoms with E-state index in [1.807, 2.05) is 0 Å². The van der Waals surface area contributed by atoms with Crippen LogP contribution in [-0.2, 0) is 210 Å². The maximum Gasteiger partial charge on any atom is 0.377 e. The highest BCUT2D eigenvalue weighted by Crippen LogP contribution is 2.65. The van der Waals surface area contributed by atoms with E-state index in [-0.39, 0.29) is 74.0 Å². The second kappa shape index (κ2) is 34.2. The Labute approximate surface area is 742 Å². The summed E-state index contributed by atoms with van der Waals surface area (Å²) in [7, 11) is -22.9. The molecule has 24 unspecified atom stereocenters. The summed E-state index contributed by atoms with van der Waals surface area (Å²) < 4.78 is 366. The SMILES string of the molecule is CC(C)(F)C(=O)OCC(=O)OC12CC3CC1C(C3)S(=O)(=O)O2.CC(C)(F)C(=O)OCC(=O)OC12CC3CC1C(C3)S(=O)(=O)O2.CC(F)(F)C(=O)OCC(=O)OC12CC3CC(C1O3)S(=O)(=O)O2.CC(F)(F)C(=O)OCC(=O)OC12CC3CC(C1O3)S(=O)(=O)O2.CC(F)(F)C(=O)OCC(=O)OC12CC3CC1C(C3)S(=O)(=O)O2.CC(F)(F)C(=O)OCC(=O)OC12CC3CC1C(C3)S(=O)(=O)O2. The summed E-state index contributed by atoms with van der Waals surface area (Å²) in [5.41, 5.74) is -4.44. The molecule has 8 aliphatic carbocycles. The zero-order chi connectivity index (χ0) is 98.0. The zero-order valence-electron chi connectivity index (χ0n) is 70.1. The van der Waals surface area contributed by atoms with E-state index in [1.165, 1.54) is 0 Å². The first-order valence-electron chi connectivity index (χ1n) is 40.4. The minimum Gasteiger partial charge on any atom is -0.451 e. The minimum absolute atomic E-state index is 0.0248. The Balaban J connectivity index is 0.000000135. The number of rotatable bonds is 24. The second-order valence-corrected chi connectivity index (χ2v) is 46.7. The Kier molecular flexibility index (Phi) is 26.3. The van der Waals surface area contributed by atoms with Gasteiger partial charge in [0, 0.05) is 89.9 Å². The van der Waals surface area contributed by atoms with Crippen molar-refractivity contribution >= 4 is 132 Å². The summed E-state index contributed by atoms with van der Waals surface area (Å²) >= 11 is 0. The van der Waals surface area contributed by atoms with Crippen LogP contribution in [0, 0.1) is 47.3 Å². The van der Waals surface area contributed by atoms with Gasteiger partial charge in [-0.2, -0.15) is 85.6 Å². The van der Waals surface area contributed by atoms with Crippen molar-refractivity contribution in [3.63, 3.8) is 0 Å². The van der Waals surface area contributed by atoms with Gasteiger partial charge >= 0.3 is 95.3 Å². The molecule has 0 amide bonds. The van der Waals surface area contributed by atoms with Crippen LogP contribution < -0.4 is 0 Å². The molecular formula is C72H86F10O44S6. The Morgan fingerprint density at radius 1 is 0.258 bits per heavy atom. The van der Waals surface area contributed by atoms with E-state index in [1.54, 1.807) is 0 Å². The highest BCUT2D eigenvalue weighted by molar-refractivity contribution is 7.89. The van der Waals surface area contributed by atoms with Crippen molar-refractivity contribution in [2.45, 2.75) is 284 Å². The molecule has 12 bridgehead atoms. The average Bonchev–Trinajstić information content (AvgIpc) is 1.57. The van der Waals surface area contributed by atoms with Crippen LogP contribution in [0.5, 0.6) is 0 Å². The molecule has 18 rings (SSSR count). The van der Waals surface area contributed by atoms with E-state index in [9.17, 15) is 152 Å². The molecule has 8 saturated carbocycles. The lowest BCUT2D eigenvalue weighted by Gasteiger charge is -2.29. The quantitative estimate of drug-likeness (QED) is 0.0576. The number of hydrogen-bond donors (Lipinski definition) is 0. The van der Waals surface area contributed by atoms with E-state index in [4.69, 9.17) is 63.0 Å². The highest BCUT2D eigenvalue weighted by Gasteiger charge is 2.77. The summed E-state index contributed by atoms with van der Waals surface area (Å²) in [6, 6.07) is 0. The molecule has 744 valence electrons. The third kappa shape index (κ3) is 20.2. The summed E-state index contributed by atoms with van der Waals surface area (Å²) in [6.07, 6.45) is 3.38. The largest absolute Gasteiger partial charge is 0.451 e. The monoisotopic (exact) mass is 2040 g/mol. The van der Waals surface area contributed by atoms with Gasteiger partial charge in [-0.05, 0) is 116 Å². The Morgan fingerprint density at radius 2 is 0.439 bits per heavy atom. The predicted octanol–water partition coefficient (Wildman–Crippen LogP) is 1.95. The lowest BCUT2D eigenvalue weighted by Crippen LogP contribution is -2.45. The average molecular weight is 2040 g/mol. The molecule has 60 heteroatoms. The van der Waals surface area contributed by atoms with Gasteiger partial charge in [0.05, 0.1) is 33.2 Å². The first kappa shape index (κ1) is 102. The van der Waals surface area contributed by atoms with Crippen molar-refractivity contribution < 1.29 is 243 Å². The van der Waals surface area contributed by atoms with E-state index >= 15 is 0 Å². The molecule has 0 aromatic heterocycles. The fourth-order valence-corrected chi connectivity index (χ4v) is 31.5. The van der Waals surface area contributed by atoms with Crippen LogP contribution in [0.3, 0.4) is 0 Å². The molecule has 0 aromatic rings. The van der Waals surface area contributed by atoms with Gasteiger partial charge in [-0.3, -0.25) is 0 Å². The molecule has 10 aliphatic heterocycles. The van der Waals surface area contributed by atoms with E-state index in [2.05, 4.69) is 28.4 Å². The number of esters is 12. The van der Waals surface area contributed by atoms with Gasteiger partial charge in [0.25, 0.3) is 72.3 Å². The van der Waals surface area contributed by atoms with Gasteiger partial charge in [0.15, 0.2) is 39.6 Å². The first-order chi connectivity index (χ1) is 60.2. The first-order valence-corrected chi connectivity index (χ1v) is 49.2. The molecule has 10 heterocycles. The molecular weight excluding hydrogens is 1950 g/mol. The van der Waals surface area contributed by atoms with E-state index in [0.29, 0.717) is 91.9 Å². The predicted molar refractivity (Wildman–Crippen MR) is 393 cm³/mol. The van der Waals surface area contributed by atoms with Crippen LogP contribution in [0.2, 0.25) is 0 Å². The minimum atomic E-state index is -3.92. The standard InChI is InChI=1S/2C13H17FO7S.2C12H14F2O7S.2C11H12F2O8S/c2*1-12(2,14)11(16)19-6-10(15)20-13-5-7-3-8(13)9(4-7)22(17,18)21-13;2*1-11(13,14)10(16)19-5-9(15)20-12-4-6-2-7(12)8(3-6)22(17,18)21-12;2*1-10(12,13)9(15)18-4-7(14)20-11-3-5-2-6(8(11)19-5)22(16,17)21-11/h2*7-9H,3-6H2,1-2H3;2*6-8H,2-5H2,1H3;2*5-6,8H,2-4H2,1H3. The lowest BCUT2D eigenvalue weighted by molar-refractivity contribution is -0.211. The van der Waals surface area contributed by atoms with Gasteiger partial charge in [-0.15, -0.1) is 0 Å². The third-order valence-corrected chi connectivity index (χ3v) is 35.5. The van der Waals surface area contributed by atoms with Crippen molar-refractivity contribution in [1.29, 1.82) is 0 Å². The smallest absolute Gasteiger partial charge is 0.377 e. The molecule has 132 heavy (non-hydrogen) atoms. The molecule has 18 aliphatic rings. The Bertz CT molecular complexity index is 4600. The maximum absolute atomic E-state index is 13.3. The molecule has 44 nitrogen and oxygen atoms in total. The van der Waals surface area contributed by atoms with Crippen molar-refractivity contribution in [3.05, 3.63) is 0 Å². The summed E-state index contributed by atoms with van der Waals surface area (Å²) in [4.78, 5) is 136. The highest BCUT2D eigenvalue weighted by atomic mass is 32.2. The molecule has 0 aromatic carbocycles. The molecule has 0 radical (unpaired) electrons. The molecule has 0 spiro atoms. The number of alkyl halides is 10. The molecule has 0 N–H and O–H groups in total. The van der Waals surface area contributed by atoms with Crippen LogP contribution in [0.1, 0.15) is 158 Å². The van der Waals surface area contributed by atoms with Crippen LogP contribution in [0.15, 0.2) is 0 Å². The van der Waals surface area contributed by atoms with Crippen LogP contribution in [0.25, 0.3) is 0 Å². The van der Waals surface area contributed by atoms with Gasteiger partial charge in [0.1, 0.15) is 22.7 Å². The topological polar surface area (TPSA) is 594 Å².